The lowest BCUT2D eigenvalue weighted by molar-refractivity contribution is 0.122. The van der Waals surface area contributed by atoms with Crippen molar-refractivity contribution in [3.05, 3.63) is 17.9 Å². The summed E-state index contributed by atoms with van der Waals surface area (Å²) < 4.78 is 6.40. The number of fused-ring (bicyclic) bond motifs is 1. The van der Waals surface area contributed by atoms with Crippen molar-refractivity contribution in [2.45, 2.75) is 0 Å². The summed E-state index contributed by atoms with van der Waals surface area (Å²) in [5, 5.41) is 0. The number of nitrogens with two attached hydrogens (primary N) is 1. The van der Waals surface area contributed by atoms with Crippen molar-refractivity contribution in [2.75, 3.05) is 36.9 Å². The zero-order valence-corrected chi connectivity index (χ0v) is 12.5. The molecule has 3 aromatic rings. The van der Waals surface area contributed by atoms with Crippen LogP contribution in [0.2, 0.25) is 0 Å². The molecule has 112 valence electrons. The molecule has 22 heavy (non-hydrogen) atoms. The van der Waals surface area contributed by atoms with Gasteiger partial charge < -0.3 is 15.4 Å². The highest BCUT2D eigenvalue weighted by Gasteiger charge is 2.19. The van der Waals surface area contributed by atoms with Crippen molar-refractivity contribution in [3.63, 3.8) is 0 Å². The third kappa shape index (κ3) is 2.34. The molecule has 9 heteroatoms. The van der Waals surface area contributed by atoms with Gasteiger partial charge in [-0.15, -0.1) is 11.3 Å². The third-order valence-corrected chi connectivity index (χ3v) is 4.23. The van der Waals surface area contributed by atoms with E-state index in [0.717, 1.165) is 29.2 Å². The molecule has 0 unspecified atom stereocenters. The van der Waals surface area contributed by atoms with Gasteiger partial charge in [-0.25, -0.2) is 24.9 Å². The molecule has 0 bridgehead atoms. The zero-order valence-electron chi connectivity index (χ0n) is 11.6. The van der Waals surface area contributed by atoms with Crippen LogP contribution in [0.25, 0.3) is 21.7 Å². The first-order chi connectivity index (χ1) is 10.8. The Morgan fingerprint density at radius 3 is 2.64 bits per heavy atom. The molecule has 0 spiro atoms. The van der Waals surface area contributed by atoms with Crippen LogP contribution in [0.4, 0.5) is 11.8 Å². The number of nitrogen functional groups attached to an aromatic ring is 1. The van der Waals surface area contributed by atoms with E-state index in [2.05, 4.69) is 24.8 Å². The number of rotatable bonds is 2. The number of hydrogen-bond acceptors (Lipinski definition) is 9. The minimum atomic E-state index is 0.229. The maximum Gasteiger partial charge on any atom is 0.219 e. The Balaban J connectivity index is 1.84. The predicted octanol–water partition coefficient (Wildman–Crippen LogP) is 0.962. The molecular weight excluding hydrogens is 302 g/mol. The first kappa shape index (κ1) is 13.3. The Labute approximate surface area is 130 Å². The minimum Gasteiger partial charge on any atom is -0.378 e. The van der Waals surface area contributed by atoms with Gasteiger partial charge in [0.25, 0.3) is 0 Å². The van der Waals surface area contributed by atoms with Gasteiger partial charge in [0.1, 0.15) is 4.70 Å². The van der Waals surface area contributed by atoms with E-state index < -0.39 is 0 Å². The fraction of sp³-hybridized carbons (Fsp3) is 0.308. The van der Waals surface area contributed by atoms with E-state index in [0.29, 0.717) is 24.7 Å². The van der Waals surface area contributed by atoms with Crippen LogP contribution in [0.15, 0.2) is 17.9 Å². The molecule has 0 atom stereocenters. The number of ether oxygens (including phenoxy) is 1. The zero-order chi connectivity index (χ0) is 14.9. The Hall–Kier alpha value is -2.39. The fourth-order valence-electron chi connectivity index (χ4n) is 2.32. The first-order valence-electron chi connectivity index (χ1n) is 6.83. The fourth-order valence-corrected chi connectivity index (χ4v) is 3.06. The van der Waals surface area contributed by atoms with Crippen molar-refractivity contribution < 1.29 is 4.74 Å². The van der Waals surface area contributed by atoms with E-state index in [9.17, 15) is 0 Å². The molecule has 0 aromatic carbocycles. The lowest BCUT2D eigenvalue weighted by Crippen LogP contribution is -2.36. The monoisotopic (exact) mass is 315 g/mol. The summed E-state index contributed by atoms with van der Waals surface area (Å²) in [6.07, 6.45) is 3.25. The Morgan fingerprint density at radius 1 is 1.09 bits per heavy atom. The number of hydrogen-bond donors (Lipinski definition) is 1. The molecule has 4 heterocycles. The molecule has 1 fully saturated rings. The van der Waals surface area contributed by atoms with Crippen LogP contribution in [0.3, 0.4) is 0 Å². The molecule has 2 N–H and O–H groups in total. The molecule has 0 saturated carbocycles. The predicted molar refractivity (Wildman–Crippen MR) is 83.7 cm³/mol. The largest absolute Gasteiger partial charge is 0.378 e. The molecule has 0 aliphatic carbocycles. The van der Waals surface area contributed by atoms with Crippen molar-refractivity contribution >= 4 is 33.5 Å². The highest BCUT2D eigenvalue weighted by Crippen LogP contribution is 2.30. The normalized spacial score (nSPS) is 15.4. The summed E-state index contributed by atoms with van der Waals surface area (Å²) in [6.45, 7) is 3.01. The highest BCUT2D eigenvalue weighted by molar-refractivity contribution is 7.17. The van der Waals surface area contributed by atoms with Crippen molar-refractivity contribution in [1.82, 2.24) is 24.9 Å². The quantitative estimate of drug-likeness (QED) is 0.746. The van der Waals surface area contributed by atoms with Gasteiger partial charge in [-0.05, 0) is 0 Å². The number of morpholine rings is 1. The Kier molecular flexibility index (Phi) is 3.28. The molecule has 8 nitrogen and oxygen atoms in total. The van der Waals surface area contributed by atoms with Crippen LogP contribution in [0.5, 0.6) is 0 Å². The summed E-state index contributed by atoms with van der Waals surface area (Å²) in [6, 6.07) is 0. The molecular formula is C13H13N7OS. The maximum atomic E-state index is 5.53. The minimum absolute atomic E-state index is 0.229. The molecule has 1 aliphatic heterocycles. The van der Waals surface area contributed by atoms with Gasteiger partial charge in [-0.2, -0.15) is 0 Å². The molecule has 3 aromatic heterocycles. The highest BCUT2D eigenvalue weighted by atomic mass is 32.1. The second kappa shape index (κ2) is 5.43. The van der Waals surface area contributed by atoms with Crippen LogP contribution in [0, 0.1) is 0 Å². The van der Waals surface area contributed by atoms with Gasteiger partial charge >= 0.3 is 0 Å². The van der Waals surface area contributed by atoms with Crippen LogP contribution in [0.1, 0.15) is 0 Å². The third-order valence-electron chi connectivity index (χ3n) is 3.42. The number of aromatic nitrogens is 5. The van der Waals surface area contributed by atoms with Crippen LogP contribution < -0.4 is 10.6 Å². The summed E-state index contributed by atoms with van der Waals surface area (Å²) >= 11 is 1.54. The van der Waals surface area contributed by atoms with E-state index in [1.807, 2.05) is 0 Å². The van der Waals surface area contributed by atoms with Crippen molar-refractivity contribution in [3.8, 4) is 11.4 Å². The average Bonchev–Trinajstić information content (AvgIpc) is 3.04. The van der Waals surface area contributed by atoms with Gasteiger partial charge in [0.2, 0.25) is 5.95 Å². The summed E-state index contributed by atoms with van der Waals surface area (Å²) in [4.78, 5) is 23.7. The molecule has 0 amide bonds. The molecule has 4 rings (SSSR count). The maximum absolute atomic E-state index is 5.53. The Bertz CT molecular complexity index is 798. The second-order valence-corrected chi connectivity index (χ2v) is 5.66. The lowest BCUT2D eigenvalue weighted by Gasteiger charge is -2.28. The summed E-state index contributed by atoms with van der Waals surface area (Å²) in [7, 11) is 0. The van der Waals surface area contributed by atoms with Gasteiger partial charge in [0.15, 0.2) is 17.3 Å². The summed E-state index contributed by atoms with van der Waals surface area (Å²) in [5.74, 6) is 1.68. The smallest absolute Gasteiger partial charge is 0.219 e. The van der Waals surface area contributed by atoms with Crippen LogP contribution in [-0.2, 0) is 4.74 Å². The van der Waals surface area contributed by atoms with Gasteiger partial charge in [-0.3, -0.25) is 0 Å². The SMILES string of the molecule is Nc1ncc(-c2nc(N3CCOCC3)c3scnc3n2)cn1. The lowest BCUT2D eigenvalue weighted by atomic mass is 10.3. The first-order valence-corrected chi connectivity index (χ1v) is 7.71. The van der Waals surface area contributed by atoms with Gasteiger partial charge in [-0.1, -0.05) is 0 Å². The topological polar surface area (TPSA) is 103 Å². The van der Waals surface area contributed by atoms with Crippen molar-refractivity contribution in [2.24, 2.45) is 0 Å². The van der Waals surface area contributed by atoms with E-state index in [4.69, 9.17) is 15.5 Å². The van der Waals surface area contributed by atoms with Gasteiger partial charge in [0, 0.05) is 25.5 Å². The van der Waals surface area contributed by atoms with Crippen molar-refractivity contribution in [1.29, 1.82) is 0 Å². The molecule has 1 aliphatic rings. The van der Waals surface area contributed by atoms with Crippen LogP contribution >= 0.6 is 11.3 Å². The Morgan fingerprint density at radius 2 is 1.86 bits per heavy atom. The second-order valence-electron chi connectivity index (χ2n) is 4.81. The standard InChI is InChI=1S/C13H13N7OS/c14-13-15-5-8(6-16-13)10-18-11-9(22-7-17-11)12(19-10)20-1-3-21-4-2-20/h5-7H,1-4H2,(H2,14,15,16). The van der Waals surface area contributed by atoms with E-state index in [-0.39, 0.29) is 5.95 Å². The number of anilines is 2. The summed E-state index contributed by atoms with van der Waals surface area (Å²) in [5.41, 5.74) is 8.72. The average molecular weight is 315 g/mol. The van der Waals surface area contributed by atoms with E-state index in [1.165, 1.54) is 0 Å². The van der Waals surface area contributed by atoms with Crippen LogP contribution in [-0.4, -0.2) is 51.2 Å². The van der Waals surface area contributed by atoms with E-state index in [1.54, 1.807) is 29.2 Å². The van der Waals surface area contributed by atoms with Gasteiger partial charge in [0.05, 0.1) is 24.3 Å². The number of thiazole rings is 1. The molecule has 1 saturated heterocycles. The molecule has 0 radical (unpaired) electrons. The van der Waals surface area contributed by atoms with E-state index >= 15 is 0 Å². The number of nitrogens with zero attached hydrogens (tertiary/aromatic N) is 6.